The molecule has 8 heteroatoms. The predicted molar refractivity (Wildman–Crippen MR) is 139 cm³/mol. The van der Waals surface area contributed by atoms with Crippen LogP contribution >= 0.6 is 0 Å². The quantitative estimate of drug-likeness (QED) is 0.654. The number of nitrogens with one attached hydrogen (secondary N) is 1. The van der Waals surface area contributed by atoms with Gasteiger partial charge in [0.15, 0.2) is 6.10 Å². The number of sulfonamides is 1. The Kier molecular flexibility index (Phi) is 7.43. The molecule has 2 aliphatic rings. The van der Waals surface area contributed by atoms with E-state index in [1.54, 1.807) is 6.07 Å². The van der Waals surface area contributed by atoms with Gasteiger partial charge in [0.1, 0.15) is 5.75 Å². The Morgan fingerprint density at radius 3 is 2.46 bits per heavy atom. The molecule has 1 fully saturated rings. The fourth-order valence-corrected chi connectivity index (χ4v) is 5.59. The van der Waals surface area contributed by atoms with Crippen LogP contribution in [0.1, 0.15) is 56.7 Å². The summed E-state index contributed by atoms with van der Waals surface area (Å²) >= 11 is 0. The van der Waals surface area contributed by atoms with Crippen molar-refractivity contribution in [1.29, 1.82) is 0 Å². The number of hydrogen-bond acceptors (Lipinski definition) is 5. The van der Waals surface area contributed by atoms with E-state index in [1.165, 1.54) is 29.1 Å². The number of carbonyl (C=O) groups is 1. The molecule has 0 bridgehead atoms. The van der Waals surface area contributed by atoms with Crippen molar-refractivity contribution < 1.29 is 17.9 Å². The van der Waals surface area contributed by atoms with E-state index in [9.17, 15) is 13.2 Å². The fourth-order valence-electron chi connectivity index (χ4n) is 4.69. The Hall–Kier alpha value is -2.58. The molecule has 35 heavy (non-hydrogen) atoms. The molecule has 2 aromatic rings. The van der Waals surface area contributed by atoms with Gasteiger partial charge in [-0.15, -0.1) is 0 Å². The van der Waals surface area contributed by atoms with Crippen molar-refractivity contribution in [2.75, 3.05) is 30.2 Å². The van der Waals surface area contributed by atoms with Crippen LogP contribution in [0, 0.1) is 0 Å². The van der Waals surface area contributed by atoms with Crippen molar-refractivity contribution in [2.45, 2.75) is 64.6 Å². The maximum absolute atomic E-state index is 13.0. The topological polar surface area (TPSA) is 79.0 Å². The lowest BCUT2D eigenvalue weighted by atomic mass is 9.86. The highest BCUT2D eigenvalue weighted by Gasteiger charge is 2.35. The van der Waals surface area contributed by atoms with Gasteiger partial charge in [0, 0.05) is 13.1 Å². The van der Waals surface area contributed by atoms with Crippen molar-refractivity contribution in [2.24, 2.45) is 0 Å². The summed E-state index contributed by atoms with van der Waals surface area (Å²) in [5, 5.41) is 2.94. The molecule has 1 unspecified atom stereocenters. The number of likely N-dealkylation sites (tertiary alicyclic amines) is 1. The molecule has 4 rings (SSSR count). The minimum atomic E-state index is -3.59. The number of fused-ring (bicyclic) bond motifs is 1. The number of carbonyl (C=O) groups excluding carboxylic acids is 1. The third kappa shape index (κ3) is 6.35. The van der Waals surface area contributed by atoms with Crippen molar-refractivity contribution in [1.82, 2.24) is 10.2 Å². The van der Waals surface area contributed by atoms with E-state index in [4.69, 9.17) is 4.74 Å². The summed E-state index contributed by atoms with van der Waals surface area (Å²) in [6.07, 6.45) is 4.05. The smallest absolute Gasteiger partial charge is 0.263 e. The van der Waals surface area contributed by atoms with Gasteiger partial charge in [-0.1, -0.05) is 57.5 Å². The van der Waals surface area contributed by atoms with E-state index in [2.05, 4.69) is 43.1 Å². The second-order valence-electron chi connectivity index (χ2n) is 10.7. The summed E-state index contributed by atoms with van der Waals surface area (Å²) in [7, 11) is -3.59. The average Bonchev–Trinajstić information content (AvgIpc) is 2.81. The minimum Gasteiger partial charge on any atom is -0.476 e. The maximum atomic E-state index is 13.0. The molecule has 190 valence electrons. The molecule has 0 aromatic heterocycles. The molecule has 1 saturated heterocycles. The summed E-state index contributed by atoms with van der Waals surface area (Å²) in [6.45, 7) is 9.71. The number of anilines is 1. The first-order valence-corrected chi connectivity index (χ1v) is 14.2. The molecular weight excluding hydrogens is 462 g/mol. The van der Waals surface area contributed by atoms with Crippen LogP contribution in [0.5, 0.6) is 5.75 Å². The van der Waals surface area contributed by atoms with Crippen LogP contribution in [0.3, 0.4) is 0 Å². The van der Waals surface area contributed by atoms with Crippen LogP contribution in [0.2, 0.25) is 0 Å². The van der Waals surface area contributed by atoms with Crippen LogP contribution in [0.15, 0.2) is 42.5 Å². The molecule has 7 nitrogen and oxygen atoms in total. The van der Waals surface area contributed by atoms with Crippen molar-refractivity contribution >= 4 is 21.6 Å². The average molecular weight is 500 g/mol. The van der Waals surface area contributed by atoms with E-state index in [0.717, 1.165) is 37.0 Å². The number of benzene rings is 2. The SMILES string of the molecule is CC(C)(C)c1ccc2c(c1)N(S(C)(=O)=O)CC(C(=O)NCc1cccc(CN3CCCCC3)c1)O2. The molecule has 0 aliphatic carbocycles. The Balaban J connectivity index is 1.44. The molecule has 1 N–H and O–H groups in total. The zero-order valence-electron chi connectivity index (χ0n) is 21.2. The first-order valence-electron chi connectivity index (χ1n) is 12.4. The number of piperidine rings is 1. The summed E-state index contributed by atoms with van der Waals surface area (Å²) in [5.74, 6) is 0.0731. The van der Waals surface area contributed by atoms with Gasteiger partial charge in [0.25, 0.3) is 5.91 Å². The first kappa shape index (κ1) is 25.5. The van der Waals surface area contributed by atoms with Crippen molar-refractivity contribution in [3.05, 3.63) is 59.2 Å². The monoisotopic (exact) mass is 499 g/mol. The molecule has 1 atom stereocenters. The number of rotatable bonds is 6. The minimum absolute atomic E-state index is 0.0553. The van der Waals surface area contributed by atoms with E-state index >= 15 is 0 Å². The Labute approximate surface area is 209 Å². The zero-order valence-corrected chi connectivity index (χ0v) is 22.0. The van der Waals surface area contributed by atoms with Gasteiger partial charge in [-0.25, -0.2) is 8.42 Å². The van der Waals surface area contributed by atoms with Crippen LogP contribution in [-0.4, -0.2) is 51.2 Å². The Morgan fingerprint density at radius 1 is 1.06 bits per heavy atom. The van der Waals surface area contributed by atoms with Gasteiger partial charge in [-0.3, -0.25) is 14.0 Å². The summed E-state index contributed by atoms with van der Waals surface area (Å²) < 4.78 is 32.4. The number of nitrogens with zero attached hydrogens (tertiary/aromatic N) is 2. The lowest BCUT2D eigenvalue weighted by Crippen LogP contribution is -2.50. The Morgan fingerprint density at radius 2 is 1.77 bits per heavy atom. The lowest BCUT2D eigenvalue weighted by molar-refractivity contribution is -0.127. The molecule has 0 spiro atoms. The first-order chi connectivity index (χ1) is 16.5. The number of amides is 1. The molecule has 2 aliphatic heterocycles. The fraction of sp³-hybridized carbons (Fsp3) is 0.519. The molecule has 0 saturated carbocycles. The molecular formula is C27H37N3O4S. The number of hydrogen-bond donors (Lipinski definition) is 1. The highest BCUT2D eigenvalue weighted by atomic mass is 32.2. The normalized spacial score (nSPS) is 19.1. The molecule has 2 heterocycles. The molecule has 2 aromatic carbocycles. The third-order valence-electron chi connectivity index (χ3n) is 6.70. The standard InChI is InChI=1S/C27H37N3O4S/c1-27(2,3)22-11-12-24-23(16-22)30(35(4,32)33)19-25(34-24)26(31)28-17-20-9-8-10-21(15-20)18-29-13-6-5-7-14-29/h8-12,15-16,25H,5-7,13-14,17-19H2,1-4H3,(H,28,31). The summed E-state index contributed by atoms with van der Waals surface area (Å²) in [6, 6.07) is 13.8. The maximum Gasteiger partial charge on any atom is 0.263 e. The highest BCUT2D eigenvalue weighted by molar-refractivity contribution is 7.92. The van der Waals surface area contributed by atoms with Crippen molar-refractivity contribution in [3.8, 4) is 5.75 Å². The number of ether oxygens (including phenoxy) is 1. The van der Waals surface area contributed by atoms with Crippen LogP contribution in [0.25, 0.3) is 0 Å². The Bertz CT molecular complexity index is 1170. The van der Waals surface area contributed by atoms with E-state index in [0.29, 0.717) is 18.0 Å². The zero-order chi connectivity index (χ0) is 25.2. The van der Waals surface area contributed by atoms with Gasteiger partial charge >= 0.3 is 0 Å². The summed E-state index contributed by atoms with van der Waals surface area (Å²) in [5.41, 5.74) is 3.59. The van der Waals surface area contributed by atoms with Gasteiger partial charge < -0.3 is 10.1 Å². The van der Waals surface area contributed by atoms with Gasteiger partial charge in [0.2, 0.25) is 10.0 Å². The van der Waals surface area contributed by atoms with Crippen LogP contribution in [-0.2, 0) is 33.3 Å². The lowest BCUT2D eigenvalue weighted by Gasteiger charge is -2.35. The van der Waals surface area contributed by atoms with Gasteiger partial charge in [0.05, 0.1) is 18.5 Å². The predicted octanol–water partition coefficient (Wildman–Crippen LogP) is 3.81. The summed E-state index contributed by atoms with van der Waals surface area (Å²) in [4.78, 5) is 15.5. The second-order valence-corrected chi connectivity index (χ2v) is 12.6. The molecule has 1 amide bonds. The van der Waals surface area contributed by atoms with Gasteiger partial charge in [-0.05, 0) is 60.2 Å². The van der Waals surface area contributed by atoms with Gasteiger partial charge in [-0.2, -0.15) is 0 Å². The van der Waals surface area contributed by atoms with Crippen molar-refractivity contribution in [3.63, 3.8) is 0 Å². The third-order valence-corrected chi connectivity index (χ3v) is 7.85. The second kappa shape index (κ2) is 10.2. The highest BCUT2D eigenvalue weighted by Crippen LogP contribution is 2.38. The van der Waals surface area contributed by atoms with Crippen LogP contribution in [0.4, 0.5) is 5.69 Å². The van der Waals surface area contributed by atoms with E-state index in [-0.39, 0.29) is 17.9 Å². The molecule has 0 radical (unpaired) electrons. The van der Waals surface area contributed by atoms with Crippen LogP contribution < -0.4 is 14.4 Å². The largest absolute Gasteiger partial charge is 0.476 e. The van der Waals surface area contributed by atoms with E-state index in [1.807, 2.05) is 24.3 Å². The van der Waals surface area contributed by atoms with E-state index < -0.39 is 16.1 Å².